The van der Waals surface area contributed by atoms with Crippen molar-refractivity contribution in [1.82, 2.24) is 0 Å². The zero-order valence-corrected chi connectivity index (χ0v) is 11.4. The van der Waals surface area contributed by atoms with Gasteiger partial charge in [-0.05, 0) is 23.8 Å². The van der Waals surface area contributed by atoms with Crippen LogP contribution in [0.1, 0.15) is 5.56 Å². The summed E-state index contributed by atoms with van der Waals surface area (Å²) in [5.41, 5.74) is 1.88. The monoisotopic (exact) mass is 268 g/mol. The van der Waals surface area contributed by atoms with Gasteiger partial charge in [-0.2, -0.15) is 5.26 Å². The molecule has 4 heteroatoms. The first-order valence-corrected chi connectivity index (χ1v) is 6.00. The Bertz CT molecular complexity index is 588. The van der Waals surface area contributed by atoms with Gasteiger partial charge in [0.1, 0.15) is 11.6 Å². The normalized spacial score (nSPS) is 11.8. The van der Waals surface area contributed by atoms with Crippen LogP contribution in [-0.2, 0) is 4.79 Å². The van der Waals surface area contributed by atoms with Crippen LogP contribution < -0.4 is 4.90 Å². The van der Waals surface area contributed by atoms with E-state index in [2.05, 4.69) is 0 Å². The minimum Gasteiger partial charge on any atom is -0.477 e. The third kappa shape index (κ3) is 4.83. The lowest BCUT2D eigenvalue weighted by atomic mass is 10.2. The average molecular weight is 268 g/mol. The second kappa shape index (κ2) is 7.59. The summed E-state index contributed by atoms with van der Waals surface area (Å²) in [4.78, 5) is 12.6. The van der Waals surface area contributed by atoms with E-state index in [9.17, 15) is 4.79 Å². The molecule has 0 aliphatic heterocycles. The maximum atomic E-state index is 10.6. The van der Waals surface area contributed by atoms with Crippen molar-refractivity contribution in [2.24, 2.45) is 0 Å². The van der Waals surface area contributed by atoms with Crippen LogP contribution in [0.2, 0.25) is 0 Å². The van der Waals surface area contributed by atoms with Crippen LogP contribution in [0.3, 0.4) is 0 Å². The van der Waals surface area contributed by atoms with Gasteiger partial charge in [0.25, 0.3) is 0 Å². The average Bonchev–Trinajstić information content (AvgIpc) is 2.42. The number of anilines is 1. The van der Waals surface area contributed by atoms with Gasteiger partial charge in [-0.3, -0.25) is 0 Å². The Morgan fingerprint density at radius 3 is 2.35 bits per heavy atom. The number of carboxylic acid groups (broad SMARTS) is 1. The second-order valence-corrected chi connectivity index (χ2v) is 4.23. The van der Waals surface area contributed by atoms with Crippen LogP contribution >= 0.6 is 0 Å². The van der Waals surface area contributed by atoms with Crippen molar-refractivity contribution in [3.63, 3.8) is 0 Å². The number of hydrogen-bond donors (Lipinski definition) is 1. The number of rotatable bonds is 5. The van der Waals surface area contributed by atoms with Gasteiger partial charge in [0.05, 0.1) is 0 Å². The highest BCUT2D eigenvalue weighted by Gasteiger charge is 2.01. The summed E-state index contributed by atoms with van der Waals surface area (Å²) in [5.74, 6) is -1.22. The fourth-order valence-corrected chi connectivity index (χ4v) is 1.42. The van der Waals surface area contributed by atoms with Crippen LogP contribution in [-0.4, -0.2) is 25.2 Å². The van der Waals surface area contributed by atoms with E-state index in [4.69, 9.17) is 10.4 Å². The van der Waals surface area contributed by atoms with Crippen molar-refractivity contribution in [2.75, 3.05) is 19.0 Å². The van der Waals surface area contributed by atoms with Crippen molar-refractivity contribution in [1.29, 1.82) is 5.26 Å². The Balaban J connectivity index is 2.65. The van der Waals surface area contributed by atoms with Gasteiger partial charge in [0.15, 0.2) is 0 Å². The zero-order valence-electron chi connectivity index (χ0n) is 11.4. The van der Waals surface area contributed by atoms with Crippen LogP contribution in [0.15, 0.2) is 54.1 Å². The van der Waals surface area contributed by atoms with E-state index in [1.54, 1.807) is 18.2 Å². The van der Waals surface area contributed by atoms with Crippen molar-refractivity contribution in [2.45, 2.75) is 0 Å². The molecule has 4 nitrogen and oxygen atoms in total. The predicted molar refractivity (Wildman–Crippen MR) is 80.3 cm³/mol. The maximum absolute atomic E-state index is 10.6. The summed E-state index contributed by atoms with van der Waals surface area (Å²) in [7, 11) is 3.96. The molecule has 102 valence electrons. The molecule has 0 unspecified atom stereocenters. The number of aliphatic carboxylic acids is 1. The molecule has 0 spiro atoms. The lowest BCUT2D eigenvalue weighted by Crippen LogP contribution is -2.07. The summed E-state index contributed by atoms with van der Waals surface area (Å²) in [5, 5.41) is 17.2. The molecular formula is C16H16N2O2. The van der Waals surface area contributed by atoms with Gasteiger partial charge in [-0.25, -0.2) is 4.79 Å². The number of benzene rings is 1. The molecule has 1 N–H and O–H groups in total. The first-order chi connectivity index (χ1) is 9.54. The molecule has 0 aliphatic carbocycles. The van der Waals surface area contributed by atoms with Gasteiger partial charge in [0.2, 0.25) is 0 Å². The van der Waals surface area contributed by atoms with E-state index in [-0.39, 0.29) is 5.57 Å². The minimum atomic E-state index is -1.22. The van der Waals surface area contributed by atoms with E-state index in [1.165, 1.54) is 12.2 Å². The summed E-state index contributed by atoms with van der Waals surface area (Å²) in [6.07, 6.45) is 8.16. The molecule has 0 aliphatic rings. The number of carboxylic acids is 1. The van der Waals surface area contributed by atoms with E-state index >= 15 is 0 Å². The topological polar surface area (TPSA) is 64.3 Å². The molecule has 1 rings (SSSR count). The lowest BCUT2D eigenvalue weighted by Gasteiger charge is -2.11. The highest BCUT2D eigenvalue weighted by Crippen LogP contribution is 2.13. The molecule has 20 heavy (non-hydrogen) atoms. The summed E-state index contributed by atoms with van der Waals surface area (Å²) >= 11 is 0. The molecule has 0 radical (unpaired) electrons. The first kappa shape index (κ1) is 15.3. The third-order valence-corrected chi connectivity index (χ3v) is 2.53. The molecule has 0 amide bonds. The third-order valence-electron chi connectivity index (χ3n) is 2.53. The van der Waals surface area contributed by atoms with Crippen molar-refractivity contribution < 1.29 is 9.90 Å². The van der Waals surface area contributed by atoms with Gasteiger partial charge >= 0.3 is 5.97 Å². The quantitative estimate of drug-likeness (QED) is 0.506. The van der Waals surface area contributed by atoms with Crippen molar-refractivity contribution >= 4 is 17.7 Å². The first-order valence-electron chi connectivity index (χ1n) is 6.00. The van der Waals surface area contributed by atoms with E-state index in [0.29, 0.717) is 0 Å². The molecular weight excluding hydrogens is 252 g/mol. The minimum absolute atomic E-state index is 0.287. The summed E-state index contributed by atoms with van der Waals surface area (Å²) in [6, 6.07) is 9.63. The number of nitrogens with zero attached hydrogens (tertiary/aromatic N) is 2. The molecule has 0 heterocycles. The summed E-state index contributed by atoms with van der Waals surface area (Å²) < 4.78 is 0. The number of carbonyl (C=O) groups is 1. The van der Waals surface area contributed by atoms with Crippen LogP contribution in [0.5, 0.6) is 0 Å². The molecule has 0 bridgehead atoms. The molecule has 1 aromatic rings. The summed E-state index contributed by atoms with van der Waals surface area (Å²) in [6.45, 7) is 0. The smallest absolute Gasteiger partial charge is 0.346 e. The Hall–Kier alpha value is -2.80. The fraction of sp³-hybridized carbons (Fsp3) is 0.125. The molecule has 1 aromatic carbocycles. The Morgan fingerprint density at radius 2 is 1.85 bits per heavy atom. The van der Waals surface area contributed by atoms with Crippen LogP contribution in [0.4, 0.5) is 5.69 Å². The van der Waals surface area contributed by atoms with Crippen molar-refractivity contribution in [3.05, 3.63) is 59.7 Å². The van der Waals surface area contributed by atoms with E-state index in [0.717, 1.165) is 11.3 Å². The Morgan fingerprint density at radius 1 is 1.20 bits per heavy atom. The highest BCUT2D eigenvalue weighted by molar-refractivity contribution is 5.91. The Labute approximate surface area is 118 Å². The van der Waals surface area contributed by atoms with Gasteiger partial charge < -0.3 is 10.0 Å². The van der Waals surface area contributed by atoms with Crippen LogP contribution in [0, 0.1) is 11.3 Å². The van der Waals surface area contributed by atoms with Gasteiger partial charge in [-0.1, -0.05) is 36.4 Å². The standard InChI is InChI=1S/C16H16N2O2/c1-18(2)15-10-8-13(9-11-15)6-4-3-5-7-14(12-17)16(19)20/h3-11H,1-2H3,(H,19,20)/b5-3+,6-4+,14-7-. The molecule has 0 saturated carbocycles. The predicted octanol–water partition coefficient (Wildman–Crippen LogP) is 2.86. The van der Waals surface area contributed by atoms with E-state index in [1.807, 2.05) is 49.3 Å². The number of hydrogen-bond acceptors (Lipinski definition) is 3. The number of allylic oxidation sites excluding steroid dienone is 4. The van der Waals surface area contributed by atoms with Crippen LogP contribution in [0.25, 0.3) is 6.08 Å². The lowest BCUT2D eigenvalue weighted by molar-refractivity contribution is -0.132. The Kier molecular flexibility index (Phi) is 5.79. The number of nitriles is 1. The highest BCUT2D eigenvalue weighted by atomic mass is 16.4. The molecule has 0 saturated heterocycles. The SMILES string of the molecule is CN(C)c1ccc(/C=C/C=C/C=C(/C#N)C(=O)O)cc1. The molecule has 0 atom stereocenters. The zero-order chi connectivity index (χ0) is 15.0. The van der Waals surface area contributed by atoms with Gasteiger partial charge in [0, 0.05) is 19.8 Å². The van der Waals surface area contributed by atoms with Gasteiger partial charge in [-0.15, -0.1) is 0 Å². The molecule has 0 aromatic heterocycles. The molecule has 0 fully saturated rings. The second-order valence-electron chi connectivity index (χ2n) is 4.23. The largest absolute Gasteiger partial charge is 0.477 e. The van der Waals surface area contributed by atoms with Crippen molar-refractivity contribution in [3.8, 4) is 6.07 Å². The fourth-order valence-electron chi connectivity index (χ4n) is 1.42. The maximum Gasteiger partial charge on any atom is 0.346 e. The van der Waals surface area contributed by atoms with E-state index < -0.39 is 5.97 Å².